The van der Waals surface area contributed by atoms with Gasteiger partial charge in [0, 0.05) is 16.1 Å². The molecule has 124 valence electrons. The van der Waals surface area contributed by atoms with Gasteiger partial charge >= 0.3 is 0 Å². The molecule has 0 bridgehead atoms. The maximum Gasteiger partial charge on any atom is 0.259 e. The van der Waals surface area contributed by atoms with Crippen molar-refractivity contribution >= 4 is 41.2 Å². The largest absolute Gasteiger partial charge is 0.343 e. The summed E-state index contributed by atoms with van der Waals surface area (Å²) in [5, 5.41) is 6.97. The van der Waals surface area contributed by atoms with Crippen molar-refractivity contribution < 1.29 is 14.0 Å². The molecule has 0 saturated carbocycles. The van der Waals surface area contributed by atoms with Crippen LogP contribution in [0.15, 0.2) is 47.6 Å². The van der Waals surface area contributed by atoms with Crippen molar-refractivity contribution in [2.45, 2.75) is 0 Å². The molecule has 2 amide bonds. The summed E-state index contributed by atoms with van der Waals surface area (Å²) in [7, 11) is 0. The lowest BCUT2D eigenvalue weighted by molar-refractivity contribution is -0.120. The van der Waals surface area contributed by atoms with Crippen LogP contribution in [0.2, 0.25) is 10.0 Å². The standard InChI is InChI=1S/C16H12Cl2FN3O2/c17-12-5-4-11(14(18)7-12)8-21-22-15(23)9-20-16(24)10-2-1-3-13(19)6-10/h1-8H,9H2,(H,20,24)(H,22,23)/b21-8+. The number of hydrogen-bond donors (Lipinski definition) is 2. The van der Waals surface area contributed by atoms with Crippen LogP contribution in [0.1, 0.15) is 15.9 Å². The maximum atomic E-state index is 13.0. The molecule has 2 aromatic carbocycles. The third-order valence-corrected chi connectivity index (χ3v) is 3.41. The zero-order chi connectivity index (χ0) is 17.5. The first kappa shape index (κ1) is 17.9. The van der Waals surface area contributed by atoms with E-state index in [1.54, 1.807) is 18.2 Å². The summed E-state index contributed by atoms with van der Waals surface area (Å²) in [5.74, 6) is -1.63. The van der Waals surface area contributed by atoms with Crippen LogP contribution in [-0.4, -0.2) is 24.6 Å². The van der Waals surface area contributed by atoms with E-state index in [0.717, 1.165) is 6.07 Å². The monoisotopic (exact) mass is 367 g/mol. The van der Waals surface area contributed by atoms with E-state index in [2.05, 4.69) is 15.8 Å². The molecule has 8 heteroatoms. The van der Waals surface area contributed by atoms with Gasteiger partial charge < -0.3 is 5.32 Å². The first-order chi connectivity index (χ1) is 11.5. The molecule has 0 fully saturated rings. The van der Waals surface area contributed by atoms with Crippen molar-refractivity contribution in [1.29, 1.82) is 0 Å². The molecule has 5 nitrogen and oxygen atoms in total. The lowest BCUT2D eigenvalue weighted by atomic mass is 10.2. The van der Waals surface area contributed by atoms with E-state index in [-0.39, 0.29) is 12.1 Å². The molecule has 0 aliphatic rings. The molecule has 24 heavy (non-hydrogen) atoms. The molecule has 0 unspecified atom stereocenters. The van der Waals surface area contributed by atoms with Gasteiger partial charge in [-0.15, -0.1) is 0 Å². The molecule has 0 atom stereocenters. The van der Waals surface area contributed by atoms with Gasteiger partial charge in [-0.05, 0) is 30.3 Å². The summed E-state index contributed by atoms with van der Waals surface area (Å²) in [6.45, 7) is -0.305. The third-order valence-electron chi connectivity index (χ3n) is 2.85. The van der Waals surface area contributed by atoms with E-state index in [1.807, 2.05) is 0 Å². The Morgan fingerprint density at radius 3 is 2.67 bits per heavy atom. The van der Waals surface area contributed by atoms with Crippen molar-refractivity contribution in [2.75, 3.05) is 6.54 Å². The minimum absolute atomic E-state index is 0.124. The Morgan fingerprint density at radius 1 is 1.17 bits per heavy atom. The molecular formula is C16H12Cl2FN3O2. The van der Waals surface area contributed by atoms with Gasteiger partial charge in [0.15, 0.2) is 0 Å². The molecule has 0 aromatic heterocycles. The number of hydrogen-bond acceptors (Lipinski definition) is 3. The molecule has 0 spiro atoms. The van der Waals surface area contributed by atoms with E-state index in [4.69, 9.17) is 23.2 Å². The van der Waals surface area contributed by atoms with Crippen LogP contribution in [0.4, 0.5) is 4.39 Å². The van der Waals surface area contributed by atoms with Crippen LogP contribution >= 0.6 is 23.2 Å². The molecule has 0 heterocycles. The van der Waals surface area contributed by atoms with Gasteiger partial charge in [-0.1, -0.05) is 35.3 Å². The van der Waals surface area contributed by atoms with Crippen molar-refractivity contribution in [1.82, 2.24) is 10.7 Å². The lowest BCUT2D eigenvalue weighted by Crippen LogP contribution is -2.34. The predicted molar refractivity (Wildman–Crippen MR) is 90.9 cm³/mol. The first-order valence-electron chi connectivity index (χ1n) is 6.76. The Bertz CT molecular complexity index is 797. The van der Waals surface area contributed by atoms with Gasteiger partial charge in [-0.2, -0.15) is 5.10 Å². The van der Waals surface area contributed by atoms with E-state index < -0.39 is 17.6 Å². The molecule has 0 radical (unpaired) electrons. The van der Waals surface area contributed by atoms with Gasteiger partial charge in [-0.25, -0.2) is 9.82 Å². The van der Waals surface area contributed by atoms with Crippen molar-refractivity contribution in [3.8, 4) is 0 Å². The molecule has 0 aliphatic heterocycles. The normalized spacial score (nSPS) is 10.6. The topological polar surface area (TPSA) is 70.6 Å². The predicted octanol–water partition coefficient (Wildman–Crippen LogP) is 3.01. The number of nitrogens with zero attached hydrogens (tertiary/aromatic N) is 1. The summed E-state index contributed by atoms with van der Waals surface area (Å²) in [4.78, 5) is 23.4. The summed E-state index contributed by atoms with van der Waals surface area (Å²) >= 11 is 11.7. The SMILES string of the molecule is O=C(CNC(=O)c1cccc(F)c1)N/N=C/c1ccc(Cl)cc1Cl. The van der Waals surface area contributed by atoms with Gasteiger partial charge in [0.1, 0.15) is 5.82 Å². The Hall–Kier alpha value is -2.44. The minimum atomic E-state index is -0.561. The molecule has 2 rings (SSSR count). The third kappa shape index (κ3) is 5.33. The average Bonchev–Trinajstić information content (AvgIpc) is 2.54. The second kappa shape index (κ2) is 8.42. The second-order valence-corrected chi connectivity index (χ2v) is 5.50. The lowest BCUT2D eigenvalue weighted by Gasteiger charge is -2.04. The van der Waals surface area contributed by atoms with Gasteiger partial charge in [-0.3, -0.25) is 9.59 Å². The van der Waals surface area contributed by atoms with Crippen LogP contribution < -0.4 is 10.7 Å². The number of hydrazone groups is 1. The van der Waals surface area contributed by atoms with Crippen molar-refractivity contribution in [3.63, 3.8) is 0 Å². The number of rotatable bonds is 5. The number of carbonyl (C=O) groups is 2. The zero-order valence-corrected chi connectivity index (χ0v) is 13.7. The smallest absolute Gasteiger partial charge is 0.259 e. The number of nitrogens with one attached hydrogen (secondary N) is 2. The average molecular weight is 368 g/mol. The first-order valence-corrected chi connectivity index (χ1v) is 7.52. The fourth-order valence-electron chi connectivity index (χ4n) is 1.71. The van der Waals surface area contributed by atoms with Crippen LogP contribution in [0.5, 0.6) is 0 Å². The zero-order valence-electron chi connectivity index (χ0n) is 12.2. The summed E-state index contributed by atoms with van der Waals surface area (Å²) in [5.41, 5.74) is 2.94. The van der Waals surface area contributed by atoms with E-state index in [0.29, 0.717) is 15.6 Å². The highest BCUT2D eigenvalue weighted by atomic mass is 35.5. The van der Waals surface area contributed by atoms with Crippen molar-refractivity contribution in [3.05, 3.63) is 69.5 Å². The molecule has 2 N–H and O–H groups in total. The quantitative estimate of drug-likeness (QED) is 0.629. The Balaban J connectivity index is 1.83. The summed E-state index contributed by atoms with van der Waals surface area (Å²) < 4.78 is 13.0. The molecule has 2 aromatic rings. The van der Waals surface area contributed by atoms with E-state index in [1.165, 1.54) is 24.4 Å². The maximum absolute atomic E-state index is 13.0. The Kier molecular flexibility index (Phi) is 6.28. The van der Waals surface area contributed by atoms with Crippen LogP contribution in [0.3, 0.4) is 0 Å². The Morgan fingerprint density at radius 2 is 1.96 bits per heavy atom. The fraction of sp³-hybridized carbons (Fsp3) is 0.0625. The van der Waals surface area contributed by atoms with E-state index in [9.17, 15) is 14.0 Å². The van der Waals surface area contributed by atoms with Crippen LogP contribution in [0, 0.1) is 5.82 Å². The molecule has 0 saturated heterocycles. The molecule has 0 aliphatic carbocycles. The van der Waals surface area contributed by atoms with Gasteiger partial charge in [0.05, 0.1) is 17.8 Å². The van der Waals surface area contributed by atoms with E-state index >= 15 is 0 Å². The minimum Gasteiger partial charge on any atom is -0.343 e. The number of amides is 2. The van der Waals surface area contributed by atoms with Gasteiger partial charge in [0.25, 0.3) is 11.8 Å². The Labute approximate surface area is 147 Å². The van der Waals surface area contributed by atoms with Crippen LogP contribution in [0.25, 0.3) is 0 Å². The molecular weight excluding hydrogens is 356 g/mol. The fourth-order valence-corrected chi connectivity index (χ4v) is 2.17. The van der Waals surface area contributed by atoms with Gasteiger partial charge in [0.2, 0.25) is 0 Å². The van der Waals surface area contributed by atoms with Crippen molar-refractivity contribution in [2.24, 2.45) is 5.10 Å². The number of benzene rings is 2. The summed E-state index contributed by atoms with van der Waals surface area (Å²) in [6.07, 6.45) is 1.35. The highest BCUT2D eigenvalue weighted by Crippen LogP contribution is 2.19. The number of halogens is 3. The second-order valence-electron chi connectivity index (χ2n) is 4.65. The number of carbonyl (C=O) groups excluding carboxylic acids is 2. The van der Waals surface area contributed by atoms with Crippen LogP contribution in [-0.2, 0) is 4.79 Å². The summed E-state index contributed by atoms with van der Waals surface area (Å²) in [6, 6.07) is 9.98. The highest BCUT2D eigenvalue weighted by molar-refractivity contribution is 6.36. The highest BCUT2D eigenvalue weighted by Gasteiger charge is 2.08.